The van der Waals surface area contributed by atoms with Crippen LogP contribution in [0.15, 0.2) is 67.0 Å². The molecule has 2 aromatic heterocycles. The van der Waals surface area contributed by atoms with Gasteiger partial charge < -0.3 is 9.13 Å². The zero-order valence-corrected chi connectivity index (χ0v) is 16.4. The molecule has 3 nitrogen and oxygen atoms in total. The second kappa shape index (κ2) is 8.45. The van der Waals surface area contributed by atoms with Gasteiger partial charge in [0.25, 0.3) is 0 Å². The predicted octanol–water partition coefficient (Wildman–Crippen LogP) is 6.00. The average molecular weight is 381 g/mol. The Labute approximate surface area is 166 Å². The Morgan fingerprint density at radius 2 is 1.63 bits per heavy atom. The Bertz CT molecular complexity index is 1060. The summed E-state index contributed by atoms with van der Waals surface area (Å²) >= 11 is 0. The Balaban J connectivity index is 0.00000210. The maximum Gasteiger partial charge on any atom is 0.165 e. The van der Waals surface area contributed by atoms with E-state index in [1.807, 2.05) is 36.0 Å². The Morgan fingerprint density at radius 1 is 0.889 bits per heavy atom. The van der Waals surface area contributed by atoms with Gasteiger partial charge >= 0.3 is 0 Å². The van der Waals surface area contributed by atoms with Crippen LogP contribution in [0, 0.1) is 0 Å². The summed E-state index contributed by atoms with van der Waals surface area (Å²) in [6, 6.07) is 18.8. The second-order valence-electron chi connectivity index (χ2n) is 6.97. The lowest BCUT2D eigenvalue weighted by Gasteiger charge is -2.05. The van der Waals surface area contributed by atoms with Crippen molar-refractivity contribution in [2.24, 2.45) is 7.05 Å². The number of aryl methyl sites for hydroxylation is 2. The predicted molar refractivity (Wildman–Crippen MR) is 115 cm³/mol. The number of carbonyl (C=O) groups is 1. The zero-order valence-electron chi connectivity index (χ0n) is 15.6. The van der Waals surface area contributed by atoms with Gasteiger partial charge in [0.1, 0.15) is 0 Å². The first-order valence-corrected chi connectivity index (χ1v) is 9.35. The van der Waals surface area contributed by atoms with Gasteiger partial charge in [-0.2, -0.15) is 0 Å². The summed E-state index contributed by atoms with van der Waals surface area (Å²) in [6.45, 7) is 1.01. The molecular weight excluding hydrogens is 356 g/mol. The maximum atomic E-state index is 12.6. The lowest BCUT2D eigenvalue weighted by Crippen LogP contribution is -2.00. The summed E-state index contributed by atoms with van der Waals surface area (Å²) in [5.74, 6) is 0.258. The normalized spacial score (nSPS) is 11.0. The third-order valence-corrected chi connectivity index (χ3v) is 5.18. The van der Waals surface area contributed by atoms with E-state index in [9.17, 15) is 4.79 Å². The van der Waals surface area contributed by atoms with E-state index < -0.39 is 0 Å². The van der Waals surface area contributed by atoms with Crippen LogP contribution in [0.3, 0.4) is 0 Å². The highest BCUT2D eigenvalue weighted by Gasteiger charge is 2.13. The molecule has 0 unspecified atom stereocenters. The smallest absolute Gasteiger partial charge is 0.165 e. The van der Waals surface area contributed by atoms with Crippen LogP contribution >= 0.6 is 12.4 Å². The molecule has 0 spiro atoms. The molecule has 0 radical (unpaired) electrons. The molecule has 0 bridgehead atoms. The van der Waals surface area contributed by atoms with Crippen molar-refractivity contribution in [3.05, 3.63) is 72.6 Å². The van der Waals surface area contributed by atoms with Crippen LogP contribution in [0.5, 0.6) is 0 Å². The van der Waals surface area contributed by atoms with Gasteiger partial charge in [-0.1, -0.05) is 42.8 Å². The van der Waals surface area contributed by atoms with Gasteiger partial charge in [-0.15, -0.1) is 12.4 Å². The van der Waals surface area contributed by atoms with Gasteiger partial charge in [0.05, 0.1) is 0 Å². The summed E-state index contributed by atoms with van der Waals surface area (Å²) in [5, 5.41) is 2.36. The second-order valence-corrected chi connectivity index (χ2v) is 6.97. The van der Waals surface area contributed by atoms with Crippen LogP contribution in [0.2, 0.25) is 0 Å². The van der Waals surface area contributed by atoms with Crippen molar-refractivity contribution in [2.45, 2.75) is 32.2 Å². The van der Waals surface area contributed by atoms with Gasteiger partial charge in [0.2, 0.25) is 0 Å². The summed E-state index contributed by atoms with van der Waals surface area (Å²) in [5.41, 5.74) is 3.27. The summed E-state index contributed by atoms with van der Waals surface area (Å²) in [4.78, 5) is 12.6. The molecule has 0 N–H and O–H groups in total. The van der Waals surface area contributed by atoms with Crippen LogP contribution < -0.4 is 0 Å². The largest absolute Gasteiger partial charge is 0.350 e. The van der Waals surface area contributed by atoms with E-state index in [1.54, 1.807) is 0 Å². The molecule has 0 aliphatic carbocycles. The highest BCUT2D eigenvalue weighted by molar-refractivity contribution is 6.08. The van der Waals surface area contributed by atoms with Gasteiger partial charge in [-0.25, -0.2) is 0 Å². The summed E-state index contributed by atoms with van der Waals surface area (Å²) in [7, 11) is 2.00. The number of nitrogens with zero attached hydrogens (tertiary/aromatic N) is 2. The quantitative estimate of drug-likeness (QED) is 0.285. The van der Waals surface area contributed by atoms with E-state index in [4.69, 9.17) is 0 Å². The summed E-state index contributed by atoms with van der Waals surface area (Å²) < 4.78 is 4.35. The molecule has 140 valence electrons. The SMILES string of the molecule is Cl.Cn1cc(C(=O)CCCCCn2ccc3ccccc32)c2ccccc21. The molecule has 0 saturated heterocycles. The standard InChI is InChI=1S/C23H24N2O.ClH/c1-24-17-20(19-10-5-7-12-22(19)24)23(26)13-3-2-8-15-25-16-14-18-9-4-6-11-21(18)25;/h4-7,9-12,14,16-17H,2-3,8,13,15H2,1H3;1H. The number of rotatable bonds is 7. The van der Waals surface area contributed by atoms with Gasteiger partial charge in [0.15, 0.2) is 5.78 Å². The zero-order chi connectivity index (χ0) is 17.9. The molecule has 0 amide bonds. The highest BCUT2D eigenvalue weighted by Crippen LogP contribution is 2.22. The molecule has 0 aliphatic heterocycles. The monoisotopic (exact) mass is 380 g/mol. The lowest BCUT2D eigenvalue weighted by molar-refractivity contribution is 0.0980. The first-order chi connectivity index (χ1) is 12.7. The van der Waals surface area contributed by atoms with Gasteiger partial charge in [-0.3, -0.25) is 4.79 Å². The molecule has 0 aliphatic rings. The minimum absolute atomic E-state index is 0. The van der Waals surface area contributed by atoms with Crippen molar-refractivity contribution >= 4 is 40.0 Å². The Kier molecular flexibility index (Phi) is 6.02. The van der Waals surface area contributed by atoms with Crippen molar-refractivity contribution in [3.63, 3.8) is 0 Å². The molecular formula is C23H25ClN2O. The molecule has 0 fully saturated rings. The summed E-state index contributed by atoms with van der Waals surface area (Å²) in [6.07, 6.45) is 7.87. The number of Topliss-reactive ketones (excluding diaryl/α,β-unsaturated/α-hetero) is 1. The van der Waals surface area contributed by atoms with E-state index in [1.165, 1.54) is 10.9 Å². The van der Waals surface area contributed by atoms with Gasteiger partial charge in [0, 0.05) is 54.4 Å². The number of fused-ring (bicyclic) bond motifs is 2. The molecule has 4 aromatic rings. The fraction of sp³-hybridized carbons (Fsp3) is 0.261. The third kappa shape index (κ3) is 3.93. The van der Waals surface area contributed by atoms with Crippen LogP contribution in [-0.4, -0.2) is 14.9 Å². The number of carbonyl (C=O) groups excluding carboxylic acids is 1. The number of para-hydroxylation sites is 2. The number of benzene rings is 2. The Hall–Kier alpha value is -2.52. The molecule has 2 heterocycles. The van der Waals surface area contributed by atoms with E-state index in [-0.39, 0.29) is 18.2 Å². The molecule has 2 aromatic carbocycles. The maximum absolute atomic E-state index is 12.6. The number of halogens is 1. The highest BCUT2D eigenvalue weighted by atomic mass is 35.5. The van der Waals surface area contributed by atoms with E-state index in [0.29, 0.717) is 6.42 Å². The third-order valence-electron chi connectivity index (χ3n) is 5.18. The van der Waals surface area contributed by atoms with Crippen molar-refractivity contribution in [1.29, 1.82) is 0 Å². The van der Waals surface area contributed by atoms with Crippen molar-refractivity contribution in [2.75, 3.05) is 0 Å². The fourth-order valence-corrected chi connectivity index (χ4v) is 3.78. The van der Waals surface area contributed by atoms with Crippen LogP contribution in [0.25, 0.3) is 21.8 Å². The first kappa shape index (κ1) is 19.2. The molecule has 27 heavy (non-hydrogen) atoms. The lowest BCUT2D eigenvalue weighted by atomic mass is 10.0. The minimum atomic E-state index is 0. The fourth-order valence-electron chi connectivity index (χ4n) is 3.78. The number of aromatic nitrogens is 2. The minimum Gasteiger partial charge on any atom is -0.350 e. The number of unbranched alkanes of at least 4 members (excludes halogenated alkanes) is 2. The number of hydrogen-bond donors (Lipinski definition) is 0. The number of hydrogen-bond acceptors (Lipinski definition) is 1. The number of ketones is 1. The average Bonchev–Trinajstić information content (AvgIpc) is 3.23. The van der Waals surface area contributed by atoms with Crippen LogP contribution in [0.1, 0.15) is 36.0 Å². The Morgan fingerprint density at radius 3 is 2.48 bits per heavy atom. The van der Waals surface area contributed by atoms with Crippen molar-refractivity contribution in [3.8, 4) is 0 Å². The molecule has 4 rings (SSSR count). The van der Waals surface area contributed by atoms with Crippen LogP contribution in [-0.2, 0) is 13.6 Å². The van der Waals surface area contributed by atoms with E-state index in [0.717, 1.165) is 42.3 Å². The van der Waals surface area contributed by atoms with E-state index >= 15 is 0 Å². The van der Waals surface area contributed by atoms with Gasteiger partial charge in [-0.05, 0) is 36.4 Å². The molecule has 4 heteroatoms. The van der Waals surface area contributed by atoms with Crippen LogP contribution in [0.4, 0.5) is 0 Å². The van der Waals surface area contributed by atoms with Crippen molar-refractivity contribution < 1.29 is 4.79 Å². The first-order valence-electron chi connectivity index (χ1n) is 9.35. The molecule has 0 saturated carbocycles. The van der Waals surface area contributed by atoms with Crippen molar-refractivity contribution in [1.82, 2.24) is 9.13 Å². The molecule has 0 atom stereocenters. The topological polar surface area (TPSA) is 26.9 Å². The van der Waals surface area contributed by atoms with E-state index in [2.05, 4.69) is 47.2 Å².